The highest BCUT2D eigenvalue weighted by Crippen LogP contribution is 2.63. The highest BCUT2D eigenvalue weighted by molar-refractivity contribution is 5.81. The van der Waals surface area contributed by atoms with Crippen LogP contribution < -0.4 is 75.8 Å². The van der Waals surface area contributed by atoms with E-state index in [1.807, 2.05) is 48.5 Å². The molecule has 0 amide bonds. The van der Waals surface area contributed by atoms with Crippen LogP contribution in [-0.2, 0) is 0 Å². The van der Waals surface area contributed by atoms with Gasteiger partial charge in [0.2, 0.25) is 50.2 Å². The Balaban J connectivity index is 1.07. The van der Waals surface area contributed by atoms with E-state index in [-0.39, 0.29) is 80.0 Å². The Bertz CT molecular complexity index is 3820. The molecule has 8 bridgehead atoms. The summed E-state index contributed by atoms with van der Waals surface area (Å²) in [6, 6.07) is 37.9. The Labute approximate surface area is 656 Å². The van der Waals surface area contributed by atoms with Crippen molar-refractivity contribution in [1.29, 1.82) is 0 Å². The first-order chi connectivity index (χ1) is 55.3. The van der Waals surface area contributed by atoms with E-state index in [9.17, 15) is 19.2 Å². The smallest absolute Gasteiger partial charge is 0.231 e. The molecule has 0 saturated carbocycles. The Kier molecular flexibility index (Phi) is 28.3. The molecule has 4 heterocycles. The van der Waals surface area contributed by atoms with E-state index in [0.717, 1.165) is 147 Å². The van der Waals surface area contributed by atoms with Gasteiger partial charge in [-0.15, -0.1) is 0 Å². The molecule has 0 saturated heterocycles. The van der Waals surface area contributed by atoms with E-state index in [2.05, 4.69) is 52.0 Å². The average molecular weight is 1530 g/mol. The molecule has 1 aliphatic carbocycles. The number of unbranched alkanes of at least 4 members (excludes halogenated alkanes) is 8. The second-order valence-corrected chi connectivity index (χ2v) is 28.8. The fourth-order valence-electron chi connectivity index (χ4n) is 15.8. The standard InChI is InChI=1S/C92H104O20/c1-5-9-13-33-65-69-49-71-66(34-14-10-6-2)73-51-75-68(36-16-12-8-4)76-52-74-67(35-15-11-7-3)72-50-70(65)82-90(102-46-26-42-98-78-38-22-18-30-62(78)54-94)84(72)108-59-110-86(74)92(104-48-28-44-100-80-40-24-20-32-64(80)56-96)88(76)112-60-111-87(75)91(103-47-27-43-99-79-39-23-19-31-63(79)55-95)85(73)109-58-107-83(71)89(81(69)105-57-106-82)101-45-25-41-97-77-37-21-17-29-61(77)53-93/h17-24,29-32,37-40,49-56,65-68H,5-16,25-28,33-36,41-48,57-60H2,1-4H3. The molecule has 0 N–H and O–H groups in total. The number of ether oxygens (including phenoxy) is 16. The van der Waals surface area contributed by atoms with Crippen molar-refractivity contribution in [2.75, 3.05) is 80.0 Å². The molecule has 20 nitrogen and oxygen atoms in total. The van der Waals surface area contributed by atoms with E-state index in [1.165, 1.54) is 0 Å². The van der Waals surface area contributed by atoms with Gasteiger partial charge in [0.05, 0.1) is 75.1 Å². The monoisotopic (exact) mass is 1530 g/mol. The third kappa shape index (κ3) is 18.2. The highest BCUT2D eigenvalue weighted by Gasteiger charge is 2.43. The second kappa shape index (κ2) is 39.9. The highest BCUT2D eigenvalue weighted by atomic mass is 16.7. The van der Waals surface area contributed by atoms with Crippen LogP contribution in [0.1, 0.15) is 266 Å². The van der Waals surface area contributed by atoms with Crippen LogP contribution in [0.4, 0.5) is 0 Å². The predicted octanol–water partition coefficient (Wildman–Crippen LogP) is 20.4. The molecule has 0 radical (unpaired) electrons. The van der Waals surface area contributed by atoms with E-state index < -0.39 is 23.7 Å². The van der Waals surface area contributed by atoms with Crippen LogP contribution in [-0.4, -0.2) is 105 Å². The topological polar surface area (TPSA) is 216 Å². The Morgan fingerprint density at radius 1 is 0.259 bits per heavy atom. The molecule has 4 aliphatic heterocycles. The summed E-state index contributed by atoms with van der Waals surface area (Å²) in [5.74, 6) is 5.41. The summed E-state index contributed by atoms with van der Waals surface area (Å²) in [5.41, 5.74) is 8.76. The summed E-state index contributed by atoms with van der Waals surface area (Å²) in [7, 11) is 0. The van der Waals surface area contributed by atoms with Gasteiger partial charge in [0.25, 0.3) is 0 Å². The number of benzene rings is 8. The zero-order valence-electron chi connectivity index (χ0n) is 65.0. The lowest BCUT2D eigenvalue weighted by Crippen LogP contribution is -2.25. The molecule has 5 aliphatic rings. The molecule has 592 valence electrons. The van der Waals surface area contributed by atoms with Gasteiger partial charge in [0.1, 0.15) is 23.0 Å². The molecule has 0 atom stereocenters. The number of hydrogen-bond donors (Lipinski definition) is 0. The van der Waals surface area contributed by atoms with Crippen LogP contribution >= 0.6 is 0 Å². The first-order valence-corrected chi connectivity index (χ1v) is 40.4. The third-order valence-corrected chi connectivity index (χ3v) is 21.4. The maximum Gasteiger partial charge on any atom is 0.231 e. The van der Waals surface area contributed by atoms with Gasteiger partial charge in [0.15, 0.2) is 71.1 Å². The van der Waals surface area contributed by atoms with E-state index in [4.69, 9.17) is 75.8 Å². The molecule has 0 fully saturated rings. The van der Waals surface area contributed by atoms with Crippen LogP contribution in [0.25, 0.3) is 0 Å². The Morgan fingerprint density at radius 3 is 0.634 bits per heavy atom. The number of rotatable bonds is 44. The fourth-order valence-corrected chi connectivity index (χ4v) is 15.8. The molecular formula is C92H104O20. The first-order valence-electron chi connectivity index (χ1n) is 40.4. The van der Waals surface area contributed by atoms with Crippen molar-refractivity contribution in [1.82, 2.24) is 0 Å². The minimum Gasteiger partial charge on any atom is -0.493 e. The van der Waals surface area contributed by atoms with Crippen molar-refractivity contribution >= 4 is 25.1 Å². The lowest BCUT2D eigenvalue weighted by Gasteiger charge is -2.37. The summed E-state index contributed by atoms with van der Waals surface area (Å²) in [5, 5.41) is 0. The van der Waals surface area contributed by atoms with Crippen LogP contribution in [0, 0.1) is 0 Å². The average Bonchev–Trinajstić information content (AvgIpc) is 0.721. The molecule has 0 aromatic heterocycles. The molecule has 0 unspecified atom stereocenters. The minimum atomic E-state index is -0.447. The summed E-state index contributed by atoms with van der Waals surface area (Å²) in [6.07, 6.45) is 18.2. The number of hydrogen-bond acceptors (Lipinski definition) is 20. The predicted molar refractivity (Wildman–Crippen MR) is 424 cm³/mol. The Hall–Kier alpha value is -10.8. The molecular weight excluding hydrogens is 1420 g/mol. The van der Waals surface area contributed by atoms with Crippen molar-refractivity contribution in [3.8, 4) is 92.0 Å². The van der Waals surface area contributed by atoms with Gasteiger partial charge >= 0.3 is 0 Å². The third-order valence-electron chi connectivity index (χ3n) is 21.4. The van der Waals surface area contributed by atoms with Crippen LogP contribution in [0.5, 0.6) is 92.0 Å². The van der Waals surface area contributed by atoms with E-state index >= 15 is 0 Å². The van der Waals surface area contributed by atoms with Gasteiger partial charge in [0, 0.05) is 93.9 Å². The maximum absolute atomic E-state index is 12.2. The fraction of sp³-hybridized carbons (Fsp3) is 0.435. The minimum absolute atomic E-state index is 0.163. The number of aldehydes is 4. The normalized spacial score (nSPS) is 15.8. The van der Waals surface area contributed by atoms with Crippen LogP contribution in [0.15, 0.2) is 121 Å². The van der Waals surface area contributed by atoms with Crippen molar-refractivity contribution in [3.05, 3.63) is 188 Å². The van der Waals surface area contributed by atoms with Crippen molar-refractivity contribution in [2.45, 2.75) is 180 Å². The summed E-state index contributed by atoms with van der Waals surface area (Å²) in [4.78, 5) is 48.8. The Morgan fingerprint density at radius 2 is 0.446 bits per heavy atom. The molecule has 20 heteroatoms. The van der Waals surface area contributed by atoms with Gasteiger partial charge in [-0.25, -0.2) is 0 Å². The van der Waals surface area contributed by atoms with Crippen LogP contribution in [0.3, 0.4) is 0 Å². The number of carbonyl (C=O) groups excluding carboxylic acids is 4. The molecule has 8 aromatic rings. The summed E-state index contributed by atoms with van der Waals surface area (Å²) < 4.78 is 112. The molecule has 0 spiro atoms. The van der Waals surface area contributed by atoms with Gasteiger partial charge < -0.3 is 75.8 Å². The SMILES string of the molecule is CCCCCC1c2cc3c4c(OCCCOc5ccccc5C=O)c2OCOc2c1cc1c(c2OCCCOc2ccccc2C=O)OCOc2c(cc5c(c2OCCCOc2ccccc2C=O)OCOc2c(cc(c(c2OCCCOc2ccccc2C=O)OCO4)C3CCCCC)C5CCCCC)C1CCCCC. The van der Waals surface area contributed by atoms with Gasteiger partial charge in [-0.05, 0) is 98.5 Å². The van der Waals surface area contributed by atoms with Crippen molar-refractivity contribution in [2.24, 2.45) is 0 Å². The van der Waals surface area contributed by atoms with E-state index in [0.29, 0.717) is 166 Å². The molecule has 13 rings (SSSR count). The van der Waals surface area contributed by atoms with E-state index in [1.54, 1.807) is 48.5 Å². The number of carbonyl (C=O) groups is 4. The lowest BCUT2D eigenvalue weighted by atomic mass is 9.75. The lowest BCUT2D eigenvalue weighted by molar-refractivity contribution is 0.0811. The van der Waals surface area contributed by atoms with Crippen molar-refractivity contribution in [3.63, 3.8) is 0 Å². The molecule has 8 aromatic carbocycles. The second-order valence-electron chi connectivity index (χ2n) is 28.8. The maximum atomic E-state index is 12.2. The summed E-state index contributed by atoms with van der Waals surface area (Å²) >= 11 is 0. The number of para-hydroxylation sites is 4. The van der Waals surface area contributed by atoms with Gasteiger partial charge in [-0.3, -0.25) is 19.2 Å². The molecule has 112 heavy (non-hydrogen) atoms. The first kappa shape index (κ1) is 79.3. The van der Waals surface area contributed by atoms with Gasteiger partial charge in [-0.1, -0.05) is 153 Å². The largest absolute Gasteiger partial charge is 0.493 e. The quantitative estimate of drug-likeness (QED) is 0.0256. The van der Waals surface area contributed by atoms with Gasteiger partial charge in [-0.2, -0.15) is 0 Å². The van der Waals surface area contributed by atoms with Crippen molar-refractivity contribution < 1.29 is 95.0 Å². The van der Waals surface area contributed by atoms with Crippen LogP contribution in [0.2, 0.25) is 0 Å². The summed E-state index contributed by atoms with van der Waals surface area (Å²) in [6.45, 7) is 9.29. The zero-order valence-corrected chi connectivity index (χ0v) is 65.0. The zero-order chi connectivity index (χ0) is 77.4.